The number of rotatable bonds is 0. The average molecular weight is 278 g/mol. The molecule has 8 heavy (non-hydrogen) atoms. The van der Waals surface area contributed by atoms with Crippen LogP contribution in [0.5, 0.6) is 0 Å². The second-order valence-electron chi connectivity index (χ2n) is 3.25. The third kappa shape index (κ3) is 5.02. The van der Waals surface area contributed by atoms with E-state index in [-0.39, 0.29) is 25.8 Å². The predicted octanol–water partition coefficient (Wildman–Crippen LogP) is 2.64. The van der Waals surface area contributed by atoms with Crippen molar-refractivity contribution in [2.24, 2.45) is 5.41 Å². The van der Waals surface area contributed by atoms with Gasteiger partial charge in [0.15, 0.2) is 0 Å². The smallest absolute Gasteiger partial charge is 0 e. The van der Waals surface area contributed by atoms with Crippen molar-refractivity contribution in [3.63, 3.8) is 0 Å². The van der Waals surface area contributed by atoms with Gasteiger partial charge in [0.1, 0.15) is 0 Å². The minimum Gasteiger partial charge on any atom is -0.314 e. The molecule has 0 bridgehead atoms. The van der Waals surface area contributed by atoms with E-state index in [9.17, 15) is 0 Å². The molecule has 0 aliphatic carbocycles. The molecule has 0 radical (unpaired) electrons. The minimum absolute atomic E-state index is 0. The Morgan fingerprint density at radius 2 is 1.12 bits per heavy atom. The summed E-state index contributed by atoms with van der Waals surface area (Å²) in [5.41, 5.74) is 0.417. The van der Waals surface area contributed by atoms with Gasteiger partial charge in [-0.25, -0.2) is 0 Å². The molecule has 1 heteroatoms. The summed E-state index contributed by atoms with van der Waals surface area (Å²) < 4.78 is 0. The van der Waals surface area contributed by atoms with Gasteiger partial charge in [0, 0.05) is 25.8 Å². The van der Waals surface area contributed by atoms with Gasteiger partial charge in [-0.15, -0.1) is 0 Å². The molecular weight excluding hydrogens is 263 g/mol. The van der Waals surface area contributed by atoms with E-state index in [2.05, 4.69) is 34.6 Å². The summed E-state index contributed by atoms with van der Waals surface area (Å²) in [6.07, 6.45) is 0. The van der Waals surface area contributed by atoms with Crippen molar-refractivity contribution in [1.29, 1.82) is 0 Å². The van der Waals surface area contributed by atoms with Crippen LogP contribution in [0.1, 0.15) is 34.6 Å². The summed E-state index contributed by atoms with van der Waals surface area (Å²) in [5, 5.41) is 0. The molecule has 0 aromatic heterocycles. The zero-order valence-corrected chi connectivity index (χ0v) is 10.1. The fraction of sp³-hybridized carbons (Fsp3) is 0.857. The molecule has 0 rings (SSSR count). The van der Waals surface area contributed by atoms with Crippen molar-refractivity contribution < 1.29 is 25.8 Å². The Morgan fingerprint density at radius 3 is 1.12 bits per heavy atom. The maximum absolute atomic E-state index is 2.22. The van der Waals surface area contributed by atoms with E-state index < -0.39 is 0 Å². The van der Waals surface area contributed by atoms with Crippen molar-refractivity contribution in [2.45, 2.75) is 34.6 Å². The van der Waals surface area contributed by atoms with Crippen LogP contribution in [0, 0.1) is 11.3 Å². The van der Waals surface area contributed by atoms with Gasteiger partial charge in [-0.1, -0.05) is 20.8 Å². The molecule has 0 nitrogen and oxygen atoms in total. The fourth-order valence-electron chi connectivity index (χ4n) is 0. The third-order valence-corrected chi connectivity index (χ3v) is 1.50. The molecule has 0 aliphatic heterocycles. The Balaban J connectivity index is 0. The molecule has 0 fully saturated rings. The van der Waals surface area contributed by atoms with Crippen molar-refractivity contribution in [2.75, 3.05) is 0 Å². The second kappa shape index (κ2) is 3.81. The Labute approximate surface area is 71.8 Å². The summed E-state index contributed by atoms with van der Waals surface area (Å²) in [5.74, 6) is 1.49. The number of hydrogen-bond donors (Lipinski definition) is 0. The molecule has 0 amide bonds. The zero-order chi connectivity index (χ0) is 6.08. The first-order valence-corrected chi connectivity index (χ1v) is 2.75. The van der Waals surface area contributed by atoms with Gasteiger partial charge in [-0.05, 0) is 0 Å². The fourth-order valence-corrected chi connectivity index (χ4v) is 0. The molecular formula is C7H15Hf-. The third-order valence-electron chi connectivity index (χ3n) is 1.50. The SMILES string of the molecule is C[C-](C)C(C)(C)C.[Hf]. The first-order chi connectivity index (χ1) is 2.94. The minimum atomic E-state index is 0. The van der Waals surface area contributed by atoms with Crippen LogP contribution in [0.4, 0.5) is 0 Å². The summed E-state index contributed by atoms with van der Waals surface area (Å²) in [6.45, 7) is 11.0. The molecule has 0 unspecified atom stereocenters. The Bertz CT molecular complexity index is 49.9. The maximum atomic E-state index is 2.22. The molecule has 48 valence electrons. The van der Waals surface area contributed by atoms with Gasteiger partial charge in [0.25, 0.3) is 0 Å². The van der Waals surface area contributed by atoms with E-state index in [1.165, 1.54) is 5.92 Å². The first-order valence-electron chi connectivity index (χ1n) is 2.75. The monoisotopic (exact) mass is 279 g/mol. The molecule has 0 aliphatic rings. The Morgan fingerprint density at radius 1 is 1.00 bits per heavy atom. The number of hydrogen-bond acceptors (Lipinski definition) is 0. The summed E-state index contributed by atoms with van der Waals surface area (Å²) in [6, 6.07) is 0. The van der Waals surface area contributed by atoms with Crippen LogP contribution in [-0.2, 0) is 25.8 Å². The molecule has 0 aromatic carbocycles. The molecule has 0 spiro atoms. The van der Waals surface area contributed by atoms with Gasteiger partial charge in [0.05, 0.1) is 0 Å². The largest absolute Gasteiger partial charge is 0.314 e. The van der Waals surface area contributed by atoms with E-state index in [1.54, 1.807) is 0 Å². The van der Waals surface area contributed by atoms with Gasteiger partial charge in [0.2, 0.25) is 0 Å². The Kier molecular flexibility index (Phi) is 5.55. The molecule has 0 saturated heterocycles. The predicted molar refractivity (Wildman–Crippen MR) is 34.0 cm³/mol. The van der Waals surface area contributed by atoms with Crippen LogP contribution in [0.2, 0.25) is 0 Å². The normalized spacial score (nSPS) is 11.2. The summed E-state index contributed by atoms with van der Waals surface area (Å²) in [4.78, 5) is 0. The molecule has 0 heterocycles. The van der Waals surface area contributed by atoms with Crippen molar-refractivity contribution in [1.82, 2.24) is 0 Å². The standard InChI is InChI=1S/C7H15.Hf/c1-6(2)7(3,4)5;/h1-5H3;/q-1;. The second-order valence-corrected chi connectivity index (χ2v) is 3.25. The summed E-state index contributed by atoms with van der Waals surface area (Å²) >= 11 is 0. The van der Waals surface area contributed by atoms with Crippen molar-refractivity contribution >= 4 is 0 Å². The van der Waals surface area contributed by atoms with Gasteiger partial charge in [-0.3, -0.25) is 0 Å². The van der Waals surface area contributed by atoms with E-state index in [1.807, 2.05) is 0 Å². The van der Waals surface area contributed by atoms with E-state index in [4.69, 9.17) is 0 Å². The molecule has 0 N–H and O–H groups in total. The van der Waals surface area contributed by atoms with E-state index >= 15 is 0 Å². The van der Waals surface area contributed by atoms with Crippen LogP contribution in [-0.4, -0.2) is 0 Å². The van der Waals surface area contributed by atoms with E-state index in [0.717, 1.165) is 0 Å². The zero-order valence-electron chi connectivity index (χ0n) is 6.50. The van der Waals surface area contributed by atoms with Crippen LogP contribution in [0.15, 0.2) is 0 Å². The Hall–Kier alpha value is 0.870. The quantitative estimate of drug-likeness (QED) is 0.472. The first kappa shape index (κ1) is 11.6. The van der Waals surface area contributed by atoms with Crippen molar-refractivity contribution in [3.8, 4) is 0 Å². The summed E-state index contributed by atoms with van der Waals surface area (Å²) in [7, 11) is 0. The van der Waals surface area contributed by atoms with Gasteiger partial charge >= 0.3 is 0 Å². The average Bonchev–Trinajstić information content (AvgIpc) is 1.31. The van der Waals surface area contributed by atoms with Crippen molar-refractivity contribution in [3.05, 3.63) is 5.92 Å². The van der Waals surface area contributed by atoms with Crippen LogP contribution < -0.4 is 0 Å². The maximum Gasteiger partial charge on any atom is 0 e. The molecule has 0 saturated carbocycles. The topological polar surface area (TPSA) is 0 Å². The van der Waals surface area contributed by atoms with Crippen LogP contribution in [0.25, 0.3) is 0 Å². The molecule has 0 atom stereocenters. The molecule has 0 aromatic rings. The van der Waals surface area contributed by atoms with Crippen LogP contribution >= 0.6 is 0 Å². The van der Waals surface area contributed by atoms with Gasteiger partial charge < -0.3 is 5.92 Å². The van der Waals surface area contributed by atoms with Gasteiger partial charge in [-0.2, -0.15) is 19.3 Å². The van der Waals surface area contributed by atoms with E-state index in [0.29, 0.717) is 5.41 Å². The van der Waals surface area contributed by atoms with Crippen LogP contribution in [0.3, 0.4) is 0 Å².